The second-order valence-electron chi connectivity index (χ2n) is 5.53. The van der Waals surface area contributed by atoms with Gasteiger partial charge in [0.15, 0.2) is 0 Å². The lowest BCUT2D eigenvalue weighted by Crippen LogP contribution is -2.15. The van der Waals surface area contributed by atoms with E-state index in [1.165, 1.54) is 16.7 Å². The van der Waals surface area contributed by atoms with Crippen molar-refractivity contribution in [1.82, 2.24) is 5.32 Å². The predicted molar refractivity (Wildman–Crippen MR) is 90.0 cm³/mol. The van der Waals surface area contributed by atoms with Crippen molar-refractivity contribution in [3.63, 3.8) is 0 Å². The first kappa shape index (κ1) is 16.5. The first-order chi connectivity index (χ1) is 10.8. The molecule has 2 N–H and O–H groups in total. The number of hydrogen-bond acceptors (Lipinski definition) is 3. The highest BCUT2D eigenvalue weighted by molar-refractivity contribution is 5.29. The van der Waals surface area contributed by atoms with Gasteiger partial charge in [-0.3, -0.25) is 0 Å². The van der Waals surface area contributed by atoms with Crippen molar-refractivity contribution >= 4 is 0 Å². The summed E-state index contributed by atoms with van der Waals surface area (Å²) in [6.07, 6.45) is 1.85. The molecular formula is C19H25NO2. The fourth-order valence-electron chi connectivity index (χ4n) is 2.31. The summed E-state index contributed by atoms with van der Waals surface area (Å²) in [6, 6.07) is 16.6. The molecule has 0 aliphatic carbocycles. The van der Waals surface area contributed by atoms with Crippen LogP contribution in [0.25, 0.3) is 0 Å². The molecule has 0 heterocycles. The SMILES string of the molecule is Cc1cccc(COc2cccc(CNCCCCO)c2)c1. The first-order valence-corrected chi connectivity index (χ1v) is 7.87. The summed E-state index contributed by atoms with van der Waals surface area (Å²) in [7, 11) is 0. The Hall–Kier alpha value is -1.84. The molecule has 0 amide bonds. The Labute approximate surface area is 133 Å². The van der Waals surface area contributed by atoms with E-state index in [2.05, 4.69) is 48.6 Å². The lowest BCUT2D eigenvalue weighted by Gasteiger charge is -2.09. The standard InChI is InChI=1S/C19H25NO2/c1-16-6-4-8-18(12-16)15-22-19-9-5-7-17(13-19)14-20-10-2-3-11-21/h4-9,12-13,20-21H,2-3,10-11,14-15H2,1H3. The Morgan fingerprint density at radius 2 is 1.82 bits per heavy atom. The van der Waals surface area contributed by atoms with Crippen LogP contribution in [0.4, 0.5) is 0 Å². The van der Waals surface area contributed by atoms with Gasteiger partial charge in [0.25, 0.3) is 0 Å². The molecule has 3 heteroatoms. The van der Waals surface area contributed by atoms with E-state index in [-0.39, 0.29) is 6.61 Å². The summed E-state index contributed by atoms with van der Waals surface area (Å²) in [5.41, 5.74) is 3.65. The van der Waals surface area contributed by atoms with E-state index in [1.807, 2.05) is 12.1 Å². The molecule has 0 unspecified atom stereocenters. The third kappa shape index (κ3) is 5.88. The maximum atomic E-state index is 8.74. The van der Waals surface area contributed by atoms with Crippen molar-refractivity contribution in [1.29, 1.82) is 0 Å². The topological polar surface area (TPSA) is 41.5 Å². The molecule has 118 valence electrons. The summed E-state index contributed by atoms with van der Waals surface area (Å²) in [5, 5.41) is 12.1. The number of hydrogen-bond donors (Lipinski definition) is 2. The lowest BCUT2D eigenvalue weighted by molar-refractivity contribution is 0.283. The van der Waals surface area contributed by atoms with Gasteiger partial charge in [-0.15, -0.1) is 0 Å². The van der Waals surface area contributed by atoms with Crippen LogP contribution in [0, 0.1) is 6.92 Å². The molecule has 0 saturated heterocycles. The van der Waals surface area contributed by atoms with Crippen molar-refractivity contribution < 1.29 is 9.84 Å². The van der Waals surface area contributed by atoms with Gasteiger partial charge in [-0.05, 0) is 49.6 Å². The molecule has 0 saturated carbocycles. The molecule has 0 radical (unpaired) electrons. The van der Waals surface area contributed by atoms with E-state index in [0.29, 0.717) is 6.61 Å². The monoisotopic (exact) mass is 299 g/mol. The van der Waals surface area contributed by atoms with E-state index in [0.717, 1.165) is 31.7 Å². The fraction of sp³-hybridized carbons (Fsp3) is 0.368. The summed E-state index contributed by atoms with van der Waals surface area (Å²) < 4.78 is 5.87. The van der Waals surface area contributed by atoms with Gasteiger partial charge < -0.3 is 15.2 Å². The number of unbranched alkanes of at least 4 members (excludes halogenated alkanes) is 1. The average Bonchev–Trinajstić information content (AvgIpc) is 2.53. The molecule has 0 fully saturated rings. The summed E-state index contributed by atoms with van der Waals surface area (Å²) in [4.78, 5) is 0. The highest BCUT2D eigenvalue weighted by atomic mass is 16.5. The zero-order valence-electron chi connectivity index (χ0n) is 13.2. The average molecular weight is 299 g/mol. The van der Waals surface area contributed by atoms with E-state index in [9.17, 15) is 0 Å². The van der Waals surface area contributed by atoms with Crippen LogP contribution < -0.4 is 10.1 Å². The molecule has 2 aromatic carbocycles. The lowest BCUT2D eigenvalue weighted by atomic mass is 10.1. The van der Waals surface area contributed by atoms with E-state index in [1.54, 1.807) is 0 Å². The summed E-state index contributed by atoms with van der Waals surface area (Å²) >= 11 is 0. The number of aryl methyl sites for hydroxylation is 1. The molecule has 0 atom stereocenters. The number of aliphatic hydroxyl groups is 1. The molecule has 2 aromatic rings. The van der Waals surface area contributed by atoms with Crippen molar-refractivity contribution in [2.75, 3.05) is 13.2 Å². The largest absolute Gasteiger partial charge is 0.489 e. The molecular weight excluding hydrogens is 274 g/mol. The number of aliphatic hydroxyl groups excluding tert-OH is 1. The Morgan fingerprint density at radius 1 is 1.00 bits per heavy atom. The first-order valence-electron chi connectivity index (χ1n) is 7.87. The van der Waals surface area contributed by atoms with Gasteiger partial charge in [-0.1, -0.05) is 42.0 Å². The second-order valence-corrected chi connectivity index (χ2v) is 5.53. The summed E-state index contributed by atoms with van der Waals surface area (Å²) in [6.45, 7) is 4.70. The molecule has 0 aliphatic heterocycles. The van der Waals surface area contributed by atoms with Crippen LogP contribution in [0.2, 0.25) is 0 Å². The minimum atomic E-state index is 0.268. The second kappa shape index (κ2) is 9.23. The van der Waals surface area contributed by atoms with Crippen molar-refractivity contribution in [3.8, 4) is 5.75 Å². The maximum absolute atomic E-state index is 8.74. The van der Waals surface area contributed by atoms with Crippen molar-refractivity contribution in [3.05, 3.63) is 65.2 Å². The molecule has 0 bridgehead atoms. The van der Waals surface area contributed by atoms with Crippen LogP contribution in [-0.2, 0) is 13.2 Å². The quantitative estimate of drug-likeness (QED) is 0.697. The zero-order chi connectivity index (χ0) is 15.6. The van der Waals surface area contributed by atoms with Gasteiger partial charge >= 0.3 is 0 Å². The van der Waals surface area contributed by atoms with Crippen LogP contribution >= 0.6 is 0 Å². The predicted octanol–water partition coefficient (Wildman–Crippen LogP) is 3.44. The molecule has 22 heavy (non-hydrogen) atoms. The van der Waals surface area contributed by atoms with Gasteiger partial charge in [0.05, 0.1) is 0 Å². The third-order valence-corrected chi connectivity index (χ3v) is 3.48. The number of benzene rings is 2. The highest BCUT2D eigenvalue weighted by Gasteiger charge is 1.99. The molecule has 0 spiro atoms. The zero-order valence-corrected chi connectivity index (χ0v) is 13.2. The Balaban J connectivity index is 1.80. The van der Waals surface area contributed by atoms with Gasteiger partial charge in [0.1, 0.15) is 12.4 Å². The Morgan fingerprint density at radius 3 is 2.64 bits per heavy atom. The highest BCUT2D eigenvalue weighted by Crippen LogP contribution is 2.15. The number of rotatable bonds is 9. The van der Waals surface area contributed by atoms with Crippen LogP contribution in [0.1, 0.15) is 29.5 Å². The van der Waals surface area contributed by atoms with Crippen molar-refractivity contribution in [2.45, 2.75) is 32.9 Å². The van der Waals surface area contributed by atoms with Gasteiger partial charge in [-0.2, -0.15) is 0 Å². The van der Waals surface area contributed by atoms with Crippen LogP contribution in [0.15, 0.2) is 48.5 Å². The third-order valence-electron chi connectivity index (χ3n) is 3.48. The molecule has 0 aromatic heterocycles. The molecule has 0 aliphatic rings. The smallest absolute Gasteiger partial charge is 0.120 e. The number of nitrogens with one attached hydrogen (secondary N) is 1. The van der Waals surface area contributed by atoms with Gasteiger partial charge in [0, 0.05) is 13.2 Å². The maximum Gasteiger partial charge on any atom is 0.120 e. The number of ether oxygens (including phenoxy) is 1. The Kier molecular flexibility index (Phi) is 6.94. The fourth-order valence-corrected chi connectivity index (χ4v) is 2.31. The van der Waals surface area contributed by atoms with Crippen LogP contribution in [-0.4, -0.2) is 18.3 Å². The minimum absolute atomic E-state index is 0.268. The molecule has 2 rings (SSSR count). The van der Waals surface area contributed by atoms with E-state index >= 15 is 0 Å². The minimum Gasteiger partial charge on any atom is -0.489 e. The van der Waals surface area contributed by atoms with Gasteiger partial charge in [-0.25, -0.2) is 0 Å². The Bertz CT molecular complexity index is 569. The molecule has 3 nitrogen and oxygen atoms in total. The van der Waals surface area contributed by atoms with Crippen LogP contribution in [0.3, 0.4) is 0 Å². The van der Waals surface area contributed by atoms with E-state index in [4.69, 9.17) is 9.84 Å². The van der Waals surface area contributed by atoms with Crippen LogP contribution in [0.5, 0.6) is 5.75 Å². The van der Waals surface area contributed by atoms with Gasteiger partial charge in [0.2, 0.25) is 0 Å². The van der Waals surface area contributed by atoms with E-state index < -0.39 is 0 Å². The van der Waals surface area contributed by atoms with Crippen molar-refractivity contribution in [2.24, 2.45) is 0 Å². The summed E-state index contributed by atoms with van der Waals surface area (Å²) in [5.74, 6) is 0.899. The normalized spacial score (nSPS) is 10.6.